The van der Waals surface area contributed by atoms with E-state index in [-0.39, 0.29) is 19.5 Å². The summed E-state index contributed by atoms with van der Waals surface area (Å²) in [5.41, 5.74) is 0. The molecule has 0 aromatic carbocycles. The summed E-state index contributed by atoms with van der Waals surface area (Å²) in [6, 6.07) is 34.3. The van der Waals surface area contributed by atoms with Gasteiger partial charge in [-0.3, -0.25) is 29.9 Å². The summed E-state index contributed by atoms with van der Waals surface area (Å²) in [5.74, 6) is 0. The first-order valence-electron chi connectivity index (χ1n) is 11.1. The maximum Gasteiger partial charge on any atom is 0.0267 e. The van der Waals surface area contributed by atoms with E-state index in [2.05, 4.69) is 29.9 Å². The van der Waals surface area contributed by atoms with Gasteiger partial charge in [-0.05, 0) is 72.8 Å². The Bertz CT molecular complexity index is 706. The summed E-state index contributed by atoms with van der Waals surface area (Å²) < 4.78 is 0. The van der Waals surface area contributed by atoms with Crippen molar-refractivity contribution in [2.24, 2.45) is 0 Å². The van der Waals surface area contributed by atoms with E-state index in [0.717, 1.165) is 0 Å². The van der Waals surface area contributed by atoms with Crippen LogP contribution in [-0.2, 0) is 19.5 Å². The molecule has 0 aliphatic carbocycles. The van der Waals surface area contributed by atoms with Crippen molar-refractivity contribution in [3.05, 3.63) is 184 Å². The van der Waals surface area contributed by atoms with Gasteiger partial charge in [0.05, 0.1) is 0 Å². The van der Waals surface area contributed by atoms with Gasteiger partial charge in [0.15, 0.2) is 0 Å². The number of hydrogen-bond acceptors (Lipinski definition) is 6. The minimum absolute atomic E-state index is 0. The molecular formula is C30H30N6Ru. The zero-order valence-electron chi connectivity index (χ0n) is 20.4. The molecule has 0 atom stereocenters. The molecule has 6 aromatic rings. The van der Waals surface area contributed by atoms with Crippen molar-refractivity contribution in [2.75, 3.05) is 0 Å². The van der Waals surface area contributed by atoms with Gasteiger partial charge < -0.3 is 0 Å². The van der Waals surface area contributed by atoms with E-state index in [0.29, 0.717) is 0 Å². The van der Waals surface area contributed by atoms with Gasteiger partial charge in [0.1, 0.15) is 0 Å². The predicted molar refractivity (Wildman–Crippen MR) is 145 cm³/mol. The SMILES string of the molecule is [Ru].c1ccncc1.c1ccncc1.c1ccncc1.c1ccncc1.c1ccncc1.c1ccncc1. The quantitative estimate of drug-likeness (QED) is 0.193. The number of nitrogens with zero attached hydrogens (tertiary/aromatic N) is 6. The van der Waals surface area contributed by atoms with Crippen LogP contribution in [0.25, 0.3) is 0 Å². The Balaban J connectivity index is 0.000000418. The van der Waals surface area contributed by atoms with Crippen LogP contribution in [0, 0.1) is 0 Å². The summed E-state index contributed by atoms with van der Waals surface area (Å²) in [6.45, 7) is 0. The third-order valence-electron chi connectivity index (χ3n) is 3.40. The van der Waals surface area contributed by atoms with Crippen LogP contribution in [0.4, 0.5) is 0 Å². The van der Waals surface area contributed by atoms with Crippen LogP contribution >= 0.6 is 0 Å². The van der Waals surface area contributed by atoms with Crippen molar-refractivity contribution in [2.45, 2.75) is 0 Å². The van der Waals surface area contributed by atoms with Gasteiger partial charge in [-0.25, -0.2) is 0 Å². The van der Waals surface area contributed by atoms with Crippen molar-refractivity contribution in [1.29, 1.82) is 0 Å². The Kier molecular flexibility index (Phi) is 26.0. The Morgan fingerprint density at radius 2 is 0.270 bits per heavy atom. The minimum Gasteiger partial charge on any atom is -0.265 e. The first-order chi connectivity index (χ1) is 18.0. The summed E-state index contributed by atoms with van der Waals surface area (Å²) in [5, 5.41) is 0. The Hall–Kier alpha value is -4.48. The summed E-state index contributed by atoms with van der Waals surface area (Å²) in [7, 11) is 0. The van der Waals surface area contributed by atoms with E-state index in [1.807, 2.05) is 109 Å². The molecule has 6 rings (SSSR count). The third-order valence-corrected chi connectivity index (χ3v) is 3.40. The molecule has 188 valence electrons. The number of pyridine rings is 6. The third kappa shape index (κ3) is 27.7. The number of rotatable bonds is 0. The normalized spacial score (nSPS) is 7.78. The van der Waals surface area contributed by atoms with E-state index >= 15 is 0 Å². The molecule has 0 N–H and O–H groups in total. The average molecular weight is 576 g/mol. The smallest absolute Gasteiger partial charge is 0.0267 e. The van der Waals surface area contributed by atoms with Gasteiger partial charge in [0.2, 0.25) is 0 Å². The van der Waals surface area contributed by atoms with Gasteiger partial charge in [-0.1, -0.05) is 36.4 Å². The van der Waals surface area contributed by atoms with Crippen LogP contribution in [0.2, 0.25) is 0 Å². The van der Waals surface area contributed by atoms with Gasteiger partial charge in [0.25, 0.3) is 0 Å². The van der Waals surface area contributed by atoms with Crippen LogP contribution in [0.1, 0.15) is 0 Å². The number of aromatic nitrogens is 6. The zero-order valence-corrected chi connectivity index (χ0v) is 22.1. The molecule has 6 aromatic heterocycles. The molecule has 7 heteroatoms. The van der Waals surface area contributed by atoms with Crippen molar-refractivity contribution in [1.82, 2.24) is 29.9 Å². The van der Waals surface area contributed by atoms with E-state index in [1.54, 1.807) is 74.4 Å². The van der Waals surface area contributed by atoms with Crippen molar-refractivity contribution in [3.8, 4) is 0 Å². The summed E-state index contributed by atoms with van der Waals surface area (Å²) >= 11 is 0. The Morgan fingerprint density at radius 3 is 0.297 bits per heavy atom. The maximum atomic E-state index is 3.78. The second kappa shape index (κ2) is 29.6. The Labute approximate surface area is 232 Å². The molecule has 0 fully saturated rings. The van der Waals surface area contributed by atoms with Gasteiger partial charge in [-0.2, -0.15) is 0 Å². The standard InChI is InChI=1S/6C5H5N.Ru/c6*1-2-4-6-5-3-1;/h6*1-5H;. The fraction of sp³-hybridized carbons (Fsp3) is 0. The fourth-order valence-electron chi connectivity index (χ4n) is 1.88. The molecular weight excluding hydrogens is 545 g/mol. The van der Waals surface area contributed by atoms with Gasteiger partial charge >= 0.3 is 0 Å². The van der Waals surface area contributed by atoms with E-state index in [4.69, 9.17) is 0 Å². The van der Waals surface area contributed by atoms with Crippen LogP contribution in [0.5, 0.6) is 0 Å². The Morgan fingerprint density at radius 1 is 0.162 bits per heavy atom. The van der Waals surface area contributed by atoms with Crippen molar-refractivity contribution < 1.29 is 19.5 Å². The molecule has 6 nitrogen and oxygen atoms in total. The summed E-state index contributed by atoms with van der Waals surface area (Å²) in [4.78, 5) is 22.7. The largest absolute Gasteiger partial charge is 0.265 e. The van der Waals surface area contributed by atoms with Gasteiger partial charge in [0, 0.05) is 93.8 Å². The zero-order chi connectivity index (χ0) is 25.5. The molecule has 0 aliphatic rings. The maximum absolute atomic E-state index is 3.78. The van der Waals surface area contributed by atoms with Crippen LogP contribution in [0.15, 0.2) is 184 Å². The molecule has 0 saturated carbocycles. The molecule has 0 spiro atoms. The van der Waals surface area contributed by atoms with E-state index in [1.165, 1.54) is 0 Å². The molecule has 0 aliphatic heterocycles. The van der Waals surface area contributed by atoms with Crippen molar-refractivity contribution in [3.63, 3.8) is 0 Å². The average Bonchev–Trinajstić information content (AvgIpc) is 3.04. The van der Waals surface area contributed by atoms with E-state index in [9.17, 15) is 0 Å². The first kappa shape index (κ1) is 32.5. The second-order valence-corrected chi connectivity index (χ2v) is 6.15. The first-order valence-corrected chi connectivity index (χ1v) is 11.1. The van der Waals surface area contributed by atoms with Crippen LogP contribution in [-0.4, -0.2) is 29.9 Å². The molecule has 0 saturated heterocycles. The van der Waals surface area contributed by atoms with Crippen LogP contribution < -0.4 is 0 Å². The minimum atomic E-state index is 0. The van der Waals surface area contributed by atoms with Gasteiger partial charge in [-0.15, -0.1) is 0 Å². The van der Waals surface area contributed by atoms with Crippen molar-refractivity contribution >= 4 is 0 Å². The molecule has 0 amide bonds. The summed E-state index contributed by atoms with van der Waals surface area (Å²) in [6.07, 6.45) is 21.0. The molecule has 0 unspecified atom stereocenters. The van der Waals surface area contributed by atoms with E-state index < -0.39 is 0 Å². The molecule has 0 radical (unpaired) electrons. The molecule has 6 heterocycles. The second-order valence-electron chi connectivity index (χ2n) is 6.15. The molecule has 0 bridgehead atoms. The predicted octanol–water partition coefficient (Wildman–Crippen LogP) is 6.49. The number of hydrogen-bond donors (Lipinski definition) is 0. The van der Waals surface area contributed by atoms with Crippen LogP contribution in [0.3, 0.4) is 0 Å². The monoisotopic (exact) mass is 576 g/mol. The topological polar surface area (TPSA) is 77.3 Å². The fourth-order valence-corrected chi connectivity index (χ4v) is 1.88. The molecule has 37 heavy (non-hydrogen) atoms.